The zero-order valence-corrected chi connectivity index (χ0v) is 8.95. The Morgan fingerprint density at radius 3 is 2.73 bits per heavy atom. The van der Waals surface area contributed by atoms with E-state index < -0.39 is 4.92 Å². The van der Waals surface area contributed by atoms with Crippen molar-refractivity contribution in [1.29, 1.82) is 5.41 Å². The Labute approximate surface area is 91.3 Å². The zero-order chi connectivity index (χ0) is 11.4. The Balaban J connectivity index is 2.94. The summed E-state index contributed by atoms with van der Waals surface area (Å²) in [6.45, 7) is 1.74. The van der Waals surface area contributed by atoms with E-state index in [1.165, 1.54) is 17.8 Å². The molecule has 1 aromatic carbocycles. The Morgan fingerprint density at radius 1 is 1.60 bits per heavy atom. The topological polar surface area (TPSA) is 93.0 Å². The largest absolute Gasteiger partial charge is 0.387 e. The lowest BCUT2D eigenvalue weighted by Crippen LogP contribution is -2.21. The summed E-state index contributed by atoms with van der Waals surface area (Å²) in [6.07, 6.45) is 0. The first-order valence-electron chi connectivity index (χ1n) is 4.26. The van der Waals surface area contributed by atoms with Crippen molar-refractivity contribution in [2.75, 3.05) is 0 Å². The molecule has 3 N–H and O–H groups in total. The minimum Gasteiger partial charge on any atom is -0.387 e. The van der Waals surface area contributed by atoms with Crippen molar-refractivity contribution in [3.63, 3.8) is 0 Å². The quantitative estimate of drug-likeness (QED) is 0.269. The van der Waals surface area contributed by atoms with E-state index in [0.717, 1.165) is 0 Å². The van der Waals surface area contributed by atoms with Crippen LogP contribution in [0.25, 0.3) is 0 Å². The Hall–Kier alpha value is -1.56. The van der Waals surface area contributed by atoms with E-state index in [1.807, 2.05) is 0 Å². The minimum absolute atomic E-state index is 0.0122. The van der Waals surface area contributed by atoms with Crippen LogP contribution in [0.15, 0.2) is 29.2 Å². The fourth-order valence-electron chi connectivity index (χ4n) is 0.962. The van der Waals surface area contributed by atoms with Gasteiger partial charge in [-0.25, -0.2) is 0 Å². The van der Waals surface area contributed by atoms with E-state index in [1.54, 1.807) is 25.1 Å². The van der Waals surface area contributed by atoms with Crippen LogP contribution in [-0.4, -0.2) is 16.0 Å². The molecule has 0 amide bonds. The molecule has 6 heteroatoms. The summed E-state index contributed by atoms with van der Waals surface area (Å²) in [4.78, 5) is 10.8. The summed E-state index contributed by atoms with van der Waals surface area (Å²) in [7, 11) is 0. The second-order valence-electron chi connectivity index (χ2n) is 2.94. The van der Waals surface area contributed by atoms with Gasteiger partial charge in [-0.05, 0) is 13.0 Å². The molecule has 5 nitrogen and oxygen atoms in total. The van der Waals surface area contributed by atoms with Crippen molar-refractivity contribution in [3.05, 3.63) is 34.4 Å². The lowest BCUT2D eigenvalue weighted by molar-refractivity contribution is -0.387. The van der Waals surface area contributed by atoms with E-state index in [9.17, 15) is 10.1 Å². The van der Waals surface area contributed by atoms with Crippen LogP contribution in [0.1, 0.15) is 6.92 Å². The van der Waals surface area contributed by atoms with Gasteiger partial charge in [0.2, 0.25) is 0 Å². The van der Waals surface area contributed by atoms with Crippen LogP contribution >= 0.6 is 11.8 Å². The van der Waals surface area contributed by atoms with Crippen LogP contribution < -0.4 is 5.73 Å². The average Bonchev–Trinajstić information content (AvgIpc) is 2.18. The van der Waals surface area contributed by atoms with Gasteiger partial charge in [-0.3, -0.25) is 15.5 Å². The van der Waals surface area contributed by atoms with Crippen molar-refractivity contribution >= 4 is 23.3 Å². The van der Waals surface area contributed by atoms with Crippen molar-refractivity contribution in [2.24, 2.45) is 5.73 Å². The lowest BCUT2D eigenvalue weighted by atomic mass is 10.3. The molecule has 0 aromatic heterocycles. The summed E-state index contributed by atoms with van der Waals surface area (Å²) in [5.41, 5.74) is 5.35. The number of thioether (sulfide) groups is 1. The molecule has 0 bridgehead atoms. The van der Waals surface area contributed by atoms with E-state index in [0.29, 0.717) is 4.90 Å². The number of amidine groups is 1. The lowest BCUT2D eigenvalue weighted by Gasteiger charge is -2.08. The highest BCUT2D eigenvalue weighted by atomic mass is 32.2. The maximum Gasteiger partial charge on any atom is 0.282 e. The molecule has 1 atom stereocenters. The van der Waals surface area contributed by atoms with E-state index in [4.69, 9.17) is 11.1 Å². The number of para-hydroxylation sites is 1. The van der Waals surface area contributed by atoms with E-state index >= 15 is 0 Å². The second kappa shape index (κ2) is 4.79. The van der Waals surface area contributed by atoms with Crippen molar-refractivity contribution < 1.29 is 4.92 Å². The third-order valence-electron chi connectivity index (χ3n) is 1.80. The first kappa shape index (κ1) is 11.5. The summed E-state index contributed by atoms with van der Waals surface area (Å²) in [5.74, 6) is 0.0122. The second-order valence-corrected chi connectivity index (χ2v) is 4.32. The normalized spacial score (nSPS) is 12.1. The third-order valence-corrected chi connectivity index (χ3v) is 3.01. The molecule has 1 unspecified atom stereocenters. The van der Waals surface area contributed by atoms with Gasteiger partial charge < -0.3 is 5.73 Å². The van der Waals surface area contributed by atoms with Gasteiger partial charge in [0.05, 0.1) is 15.1 Å². The highest BCUT2D eigenvalue weighted by Gasteiger charge is 2.16. The van der Waals surface area contributed by atoms with Gasteiger partial charge in [0.15, 0.2) is 0 Å². The Bertz CT molecular complexity index is 395. The number of nitro groups is 1. The standard InChI is InChI=1S/C9H11N3O2S/c1-6(9(10)11)15-8-5-3-2-4-7(8)12(13)14/h2-6H,1H3,(H3,10,11). The smallest absolute Gasteiger partial charge is 0.282 e. The van der Waals surface area contributed by atoms with Crippen LogP contribution in [-0.2, 0) is 0 Å². The Morgan fingerprint density at radius 2 is 2.20 bits per heavy atom. The first-order valence-corrected chi connectivity index (χ1v) is 5.14. The molecule has 0 spiro atoms. The predicted molar refractivity (Wildman–Crippen MR) is 60.3 cm³/mol. The summed E-state index contributed by atoms with van der Waals surface area (Å²) in [5, 5.41) is 17.6. The van der Waals surface area contributed by atoms with Gasteiger partial charge in [-0.15, -0.1) is 11.8 Å². The molecule has 1 aromatic rings. The van der Waals surface area contributed by atoms with Crippen LogP contribution in [0, 0.1) is 15.5 Å². The molecule has 0 radical (unpaired) electrons. The zero-order valence-electron chi connectivity index (χ0n) is 8.14. The van der Waals surface area contributed by atoms with Crippen LogP contribution in [0.2, 0.25) is 0 Å². The number of hydrogen-bond donors (Lipinski definition) is 2. The number of rotatable bonds is 4. The molecular formula is C9H11N3O2S. The minimum atomic E-state index is -0.435. The maximum absolute atomic E-state index is 10.7. The van der Waals surface area contributed by atoms with E-state index in [2.05, 4.69) is 0 Å². The van der Waals surface area contributed by atoms with Crippen LogP contribution in [0.5, 0.6) is 0 Å². The highest BCUT2D eigenvalue weighted by molar-refractivity contribution is 8.00. The number of nitrogens with one attached hydrogen (secondary N) is 1. The number of hydrogen-bond acceptors (Lipinski definition) is 4. The number of nitro benzene ring substituents is 1. The molecule has 0 saturated heterocycles. The number of nitrogens with zero attached hydrogens (tertiary/aromatic N) is 1. The van der Waals surface area contributed by atoms with Crippen LogP contribution in [0.3, 0.4) is 0 Å². The first-order chi connectivity index (χ1) is 7.02. The number of nitrogens with two attached hydrogens (primary N) is 1. The molecule has 15 heavy (non-hydrogen) atoms. The van der Waals surface area contributed by atoms with Gasteiger partial charge in [0.1, 0.15) is 5.84 Å². The van der Waals surface area contributed by atoms with Crippen molar-refractivity contribution in [3.8, 4) is 0 Å². The number of benzene rings is 1. The van der Waals surface area contributed by atoms with Gasteiger partial charge in [-0.2, -0.15) is 0 Å². The monoisotopic (exact) mass is 225 g/mol. The van der Waals surface area contributed by atoms with Gasteiger partial charge >= 0.3 is 0 Å². The molecule has 0 heterocycles. The molecule has 0 fully saturated rings. The third kappa shape index (κ3) is 2.95. The fourth-order valence-corrected chi connectivity index (χ4v) is 1.89. The maximum atomic E-state index is 10.7. The molecule has 0 saturated carbocycles. The van der Waals surface area contributed by atoms with Gasteiger partial charge in [-0.1, -0.05) is 12.1 Å². The van der Waals surface area contributed by atoms with Gasteiger partial charge in [0, 0.05) is 6.07 Å². The van der Waals surface area contributed by atoms with E-state index in [-0.39, 0.29) is 16.8 Å². The molecule has 1 rings (SSSR count). The summed E-state index contributed by atoms with van der Waals surface area (Å²) in [6, 6.07) is 6.43. The van der Waals surface area contributed by atoms with Crippen molar-refractivity contribution in [2.45, 2.75) is 17.1 Å². The highest BCUT2D eigenvalue weighted by Crippen LogP contribution is 2.31. The Kier molecular flexibility index (Phi) is 3.68. The predicted octanol–water partition coefficient (Wildman–Crippen LogP) is 2.01. The molecule has 0 aliphatic rings. The summed E-state index contributed by atoms with van der Waals surface area (Å²) >= 11 is 1.22. The molecule has 80 valence electrons. The molecule has 0 aliphatic carbocycles. The fraction of sp³-hybridized carbons (Fsp3) is 0.222. The summed E-state index contributed by atoms with van der Waals surface area (Å²) < 4.78 is 0. The van der Waals surface area contributed by atoms with Crippen molar-refractivity contribution in [1.82, 2.24) is 0 Å². The SMILES string of the molecule is CC(Sc1ccccc1[N+](=O)[O-])C(=N)N. The molecule has 0 aliphatic heterocycles. The average molecular weight is 225 g/mol. The van der Waals surface area contributed by atoms with Gasteiger partial charge in [0.25, 0.3) is 5.69 Å². The van der Waals surface area contributed by atoms with Crippen LogP contribution in [0.4, 0.5) is 5.69 Å². The molecular weight excluding hydrogens is 214 g/mol.